The summed E-state index contributed by atoms with van der Waals surface area (Å²) in [7, 11) is 0. The highest BCUT2D eigenvalue weighted by atomic mass is 79.9. The van der Waals surface area contributed by atoms with Crippen molar-refractivity contribution in [1.82, 2.24) is 14.6 Å². The van der Waals surface area contributed by atoms with Gasteiger partial charge in [-0.3, -0.25) is 0 Å². The molecule has 2 aromatic rings. The second-order valence-corrected chi connectivity index (χ2v) is 3.79. The molecule has 2 heterocycles. The van der Waals surface area contributed by atoms with Crippen LogP contribution in [0.3, 0.4) is 0 Å². The summed E-state index contributed by atoms with van der Waals surface area (Å²) in [5, 5.41) is 21.2. The third-order valence-electron chi connectivity index (χ3n) is 1.89. The zero-order chi connectivity index (χ0) is 12.6. The number of rotatable bonds is 1. The molecule has 8 nitrogen and oxygen atoms in total. The number of carboxylic acid groups (broad SMARTS) is 2. The highest BCUT2D eigenvalue weighted by Crippen LogP contribution is 2.18. The van der Waals surface area contributed by atoms with E-state index in [-0.39, 0.29) is 4.90 Å². The van der Waals surface area contributed by atoms with E-state index < -0.39 is 18.1 Å². The molecule has 0 atom stereocenters. The van der Waals surface area contributed by atoms with E-state index in [1.165, 1.54) is 10.7 Å². The van der Waals surface area contributed by atoms with Crippen LogP contribution in [0.1, 0.15) is 0 Å². The molecule has 2 N–H and O–H groups in total. The molecule has 0 aliphatic carbocycles. The Kier molecular flexibility index (Phi) is 2.68. The number of hydrogen-bond acceptors (Lipinski definition) is 4. The minimum absolute atomic E-state index is 0.0411. The van der Waals surface area contributed by atoms with Crippen molar-refractivity contribution in [2.24, 2.45) is 0 Å². The summed E-state index contributed by atoms with van der Waals surface area (Å²) in [6.07, 6.45) is -1.80. The molecule has 88 valence electrons. The highest BCUT2D eigenvalue weighted by Gasteiger charge is 2.26. The van der Waals surface area contributed by atoms with Gasteiger partial charge in [0.25, 0.3) is 5.95 Å². The predicted molar refractivity (Wildman–Crippen MR) is 59.2 cm³/mol. The summed E-state index contributed by atoms with van der Waals surface area (Å²) >= 11 is 3.20. The number of aromatic nitrogens is 3. The predicted octanol–water partition coefficient (Wildman–Crippen LogP) is 1.65. The first-order chi connectivity index (χ1) is 8.00. The van der Waals surface area contributed by atoms with Crippen LogP contribution in [0.2, 0.25) is 0 Å². The van der Waals surface area contributed by atoms with Crippen LogP contribution in [-0.4, -0.2) is 37.0 Å². The lowest BCUT2D eigenvalue weighted by Gasteiger charge is -2.06. The van der Waals surface area contributed by atoms with E-state index in [1.54, 1.807) is 12.1 Å². The maximum atomic E-state index is 10.7. The molecule has 0 saturated heterocycles. The molecular formula is C8H5BrN4O4. The topological polar surface area (TPSA) is 108 Å². The molecule has 0 saturated carbocycles. The Morgan fingerprint density at radius 1 is 1.35 bits per heavy atom. The van der Waals surface area contributed by atoms with Crippen LogP contribution in [-0.2, 0) is 0 Å². The Balaban J connectivity index is 2.59. The van der Waals surface area contributed by atoms with Gasteiger partial charge in [0.1, 0.15) is 0 Å². The van der Waals surface area contributed by atoms with Gasteiger partial charge in [-0.15, -0.1) is 10.00 Å². The van der Waals surface area contributed by atoms with Crippen molar-refractivity contribution in [3.8, 4) is 0 Å². The van der Waals surface area contributed by atoms with Gasteiger partial charge < -0.3 is 10.2 Å². The molecule has 0 spiro atoms. The molecule has 0 bridgehead atoms. The van der Waals surface area contributed by atoms with E-state index in [0.29, 0.717) is 10.1 Å². The number of pyridine rings is 1. The highest BCUT2D eigenvalue weighted by molar-refractivity contribution is 9.10. The number of imide groups is 1. The number of carbonyl (C=O) groups is 2. The van der Waals surface area contributed by atoms with Crippen molar-refractivity contribution in [3.05, 3.63) is 22.8 Å². The quantitative estimate of drug-likeness (QED) is 0.829. The fraction of sp³-hybridized carbons (Fsp3) is 0. The summed E-state index contributed by atoms with van der Waals surface area (Å²) in [6, 6.07) is 3.33. The third-order valence-corrected chi connectivity index (χ3v) is 2.51. The van der Waals surface area contributed by atoms with Crippen molar-refractivity contribution in [3.63, 3.8) is 0 Å². The Hall–Kier alpha value is -2.16. The van der Waals surface area contributed by atoms with Gasteiger partial charge in [-0.25, -0.2) is 14.1 Å². The number of nitrogens with zero attached hydrogens (tertiary/aromatic N) is 4. The van der Waals surface area contributed by atoms with Gasteiger partial charge in [-0.05, 0) is 28.1 Å². The summed E-state index contributed by atoms with van der Waals surface area (Å²) in [6.45, 7) is 0. The summed E-state index contributed by atoms with van der Waals surface area (Å²) < 4.78 is 1.85. The Labute approximate surface area is 102 Å². The van der Waals surface area contributed by atoms with Crippen molar-refractivity contribution >= 4 is 39.7 Å². The first-order valence-corrected chi connectivity index (χ1v) is 5.07. The molecule has 0 aliphatic rings. The lowest BCUT2D eigenvalue weighted by molar-refractivity contribution is 0.184. The molecule has 2 rings (SSSR count). The number of hydrogen-bond donors (Lipinski definition) is 2. The fourth-order valence-corrected chi connectivity index (χ4v) is 1.63. The average molecular weight is 301 g/mol. The second kappa shape index (κ2) is 4.01. The van der Waals surface area contributed by atoms with E-state index in [2.05, 4.69) is 26.0 Å². The standard InChI is InChI=1S/C8H5BrN4O4/c9-4-2-1-3-12-5(4)10-6(11-12)13(7(14)15)8(16)17/h1-3H,(H,14,15)(H,16,17). The normalized spacial score (nSPS) is 10.4. The van der Waals surface area contributed by atoms with Gasteiger partial charge >= 0.3 is 12.2 Å². The van der Waals surface area contributed by atoms with Gasteiger partial charge in [0.2, 0.25) is 0 Å². The molecule has 9 heteroatoms. The molecular weight excluding hydrogens is 296 g/mol. The molecule has 0 radical (unpaired) electrons. The largest absolute Gasteiger partial charge is 0.464 e. The zero-order valence-electron chi connectivity index (χ0n) is 8.11. The molecule has 0 aromatic carbocycles. The van der Waals surface area contributed by atoms with E-state index in [4.69, 9.17) is 10.2 Å². The molecule has 0 unspecified atom stereocenters. The lowest BCUT2D eigenvalue weighted by Crippen LogP contribution is -2.35. The Morgan fingerprint density at radius 2 is 2.00 bits per heavy atom. The van der Waals surface area contributed by atoms with E-state index in [0.717, 1.165) is 0 Å². The van der Waals surface area contributed by atoms with Crippen molar-refractivity contribution in [2.45, 2.75) is 0 Å². The maximum absolute atomic E-state index is 10.7. The maximum Gasteiger partial charge on any atom is 0.424 e. The number of anilines is 1. The first kappa shape index (κ1) is 11.3. The van der Waals surface area contributed by atoms with Crippen LogP contribution in [0.25, 0.3) is 5.65 Å². The summed E-state index contributed by atoms with van der Waals surface area (Å²) in [5.41, 5.74) is 0.329. The molecule has 2 amide bonds. The summed E-state index contributed by atoms with van der Waals surface area (Å²) in [5.74, 6) is -0.420. The van der Waals surface area contributed by atoms with Crippen molar-refractivity contribution in [1.29, 1.82) is 0 Å². The third kappa shape index (κ3) is 1.91. The number of fused-ring (bicyclic) bond motifs is 1. The minimum atomic E-state index is -1.66. The van der Waals surface area contributed by atoms with Crippen LogP contribution >= 0.6 is 15.9 Å². The fourth-order valence-electron chi connectivity index (χ4n) is 1.21. The van der Waals surface area contributed by atoms with Crippen LogP contribution < -0.4 is 4.90 Å². The minimum Gasteiger partial charge on any atom is -0.464 e. The van der Waals surface area contributed by atoms with Crippen molar-refractivity contribution < 1.29 is 19.8 Å². The van der Waals surface area contributed by atoms with Crippen LogP contribution in [0, 0.1) is 0 Å². The van der Waals surface area contributed by atoms with E-state index >= 15 is 0 Å². The van der Waals surface area contributed by atoms with E-state index in [9.17, 15) is 9.59 Å². The van der Waals surface area contributed by atoms with Gasteiger partial charge in [-0.2, -0.15) is 4.98 Å². The van der Waals surface area contributed by atoms with Crippen LogP contribution in [0.5, 0.6) is 0 Å². The van der Waals surface area contributed by atoms with Gasteiger partial charge in [0.05, 0.1) is 4.47 Å². The average Bonchev–Trinajstić information content (AvgIpc) is 2.61. The Morgan fingerprint density at radius 3 is 2.53 bits per heavy atom. The van der Waals surface area contributed by atoms with Crippen LogP contribution in [0.4, 0.5) is 15.5 Å². The molecule has 0 aliphatic heterocycles. The van der Waals surface area contributed by atoms with Gasteiger partial charge in [0, 0.05) is 6.20 Å². The van der Waals surface area contributed by atoms with Crippen LogP contribution in [0.15, 0.2) is 22.8 Å². The Bertz CT molecular complexity index is 597. The second-order valence-electron chi connectivity index (χ2n) is 2.94. The molecule has 0 fully saturated rings. The van der Waals surface area contributed by atoms with Gasteiger partial charge in [0.15, 0.2) is 5.65 Å². The summed E-state index contributed by atoms with van der Waals surface area (Å²) in [4.78, 5) is 25.4. The van der Waals surface area contributed by atoms with Gasteiger partial charge in [-0.1, -0.05) is 0 Å². The molecule has 17 heavy (non-hydrogen) atoms. The monoisotopic (exact) mass is 300 g/mol. The number of halogens is 1. The lowest BCUT2D eigenvalue weighted by atomic mass is 10.5. The zero-order valence-corrected chi connectivity index (χ0v) is 9.70. The number of amides is 2. The first-order valence-electron chi connectivity index (χ1n) is 4.27. The van der Waals surface area contributed by atoms with E-state index in [1.807, 2.05) is 0 Å². The SMILES string of the molecule is O=C(O)N(C(=O)O)c1nc2c(Br)cccn2n1. The van der Waals surface area contributed by atoms with Crippen molar-refractivity contribution in [2.75, 3.05) is 4.90 Å². The molecule has 2 aromatic heterocycles. The smallest absolute Gasteiger partial charge is 0.424 e.